The second-order valence-corrected chi connectivity index (χ2v) is 15.2. The van der Waals surface area contributed by atoms with E-state index in [0.29, 0.717) is 0 Å². The van der Waals surface area contributed by atoms with E-state index in [9.17, 15) is 0 Å². The highest BCUT2D eigenvalue weighted by molar-refractivity contribution is 6.12. The standard InChI is InChI=1S/C54H35N/c1-3-14-35(15-4-1)53-43-21-11-10-20-42(43)47-32-49-48-31-38(26-28-51(48)55(52(49)33-50(47)53)40-17-5-2-6-18-40)37-25-27-45-46(30-37)41-19-9-12-22-44(41)54(45)39-24-23-34-13-7-8-16-36(34)29-39/h1-33,53-54H. The van der Waals surface area contributed by atoms with Crippen molar-refractivity contribution in [2.24, 2.45) is 0 Å². The molecular weight excluding hydrogens is 663 g/mol. The van der Waals surface area contributed by atoms with Crippen molar-refractivity contribution in [3.05, 3.63) is 234 Å². The normalized spacial score (nSPS) is 15.3. The fourth-order valence-corrected chi connectivity index (χ4v) is 9.88. The van der Waals surface area contributed by atoms with Crippen LogP contribution in [0.4, 0.5) is 0 Å². The molecule has 256 valence electrons. The molecule has 2 aliphatic carbocycles. The monoisotopic (exact) mass is 697 g/mol. The lowest BCUT2D eigenvalue weighted by Crippen LogP contribution is -2.00. The van der Waals surface area contributed by atoms with Gasteiger partial charge < -0.3 is 4.57 Å². The fourth-order valence-electron chi connectivity index (χ4n) is 9.88. The van der Waals surface area contributed by atoms with Gasteiger partial charge in [-0.1, -0.05) is 158 Å². The van der Waals surface area contributed by atoms with Crippen LogP contribution in [0.3, 0.4) is 0 Å². The third-order valence-corrected chi connectivity index (χ3v) is 12.3. The predicted molar refractivity (Wildman–Crippen MR) is 229 cm³/mol. The molecule has 0 N–H and O–H groups in total. The zero-order valence-electron chi connectivity index (χ0n) is 30.2. The van der Waals surface area contributed by atoms with E-state index in [1.807, 2.05) is 0 Å². The predicted octanol–water partition coefficient (Wildman–Crippen LogP) is 13.9. The molecule has 10 aromatic rings. The zero-order valence-corrected chi connectivity index (χ0v) is 30.2. The molecule has 2 aliphatic rings. The first kappa shape index (κ1) is 30.5. The molecule has 2 atom stereocenters. The van der Waals surface area contributed by atoms with Crippen molar-refractivity contribution in [2.45, 2.75) is 11.8 Å². The fraction of sp³-hybridized carbons (Fsp3) is 0.0370. The second kappa shape index (κ2) is 11.8. The third kappa shape index (κ3) is 4.54. The Balaban J connectivity index is 1.05. The van der Waals surface area contributed by atoms with Crippen molar-refractivity contribution < 1.29 is 0 Å². The molecule has 9 aromatic carbocycles. The number of fused-ring (bicyclic) bond motifs is 10. The van der Waals surface area contributed by atoms with Gasteiger partial charge in [-0.15, -0.1) is 0 Å². The summed E-state index contributed by atoms with van der Waals surface area (Å²) in [6, 6.07) is 74.7. The lowest BCUT2D eigenvalue weighted by molar-refractivity contribution is 1.01. The highest BCUT2D eigenvalue weighted by Crippen LogP contribution is 2.52. The summed E-state index contributed by atoms with van der Waals surface area (Å²) in [7, 11) is 0. The minimum Gasteiger partial charge on any atom is -0.309 e. The van der Waals surface area contributed by atoms with Gasteiger partial charge >= 0.3 is 0 Å². The Bertz CT molecular complexity index is 3150. The molecule has 0 aliphatic heterocycles. The van der Waals surface area contributed by atoms with Gasteiger partial charge in [0.2, 0.25) is 0 Å². The van der Waals surface area contributed by atoms with E-state index in [2.05, 4.69) is 205 Å². The molecule has 1 heterocycles. The van der Waals surface area contributed by atoms with Crippen LogP contribution in [0.2, 0.25) is 0 Å². The summed E-state index contributed by atoms with van der Waals surface area (Å²) in [5, 5.41) is 5.12. The first-order valence-corrected chi connectivity index (χ1v) is 19.3. The number of rotatable bonds is 4. The highest BCUT2D eigenvalue weighted by Gasteiger charge is 2.32. The number of para-hydroxylation sites is 1. The lowest BCUT2D eigenvalue weighted by Gasteiger charge is -2.16. The Morgan fingerprint density at radius 2 is 0.891 bits per heavy atom. The van der Waals surface area contributed by atoms with Gasteiger partial charge in [0.05, 0.1) is 11.0 Å². The van der Waals surface area contributed by atoms with Crippen LogP contribution in [0.1, 0.15) is 45.2 Å². The summed E-state index contributed by atoms with van der Waals surface area (Å²) in [4.78, 5) is 0. The van der Waals surface area contributed by atoms with Crippen molar-refractivity contribution in [3.63, 3.8) is 0 Å². The molecule has 1 aromatic heterocycles. The molecule has 12 rings (SSSR count). The van der Waals surface area contributed by atoms with Gasteiger partial charge in [-0.05, 0) is 120 Å². The average Bonchev–Trinajstić information content (AvgIpc) is 3.88. The van der Waals surface area contributed by atoms with Crippen LogP contribution >= 0.6 is 0 Å². The quantitative estimate of drug-likeness (QED) is 0.173. The van der Waals surface area contributed by atoms with Crippen molar-refractivity contribution in [3.8, 4) is 39.1 Å². The Hall–Kier alpha value is -6.96. The largest absolute Gasteiger partial charge is 0.309 e. The van der Waals surface area contributed by atoms with Crippen LogP contribution < -0.4 is 0 Å². The molecule has 55 heavy (non-hydrogen) atoms. The van der Waals surface area contributed by atoms with Crippen LogP contribution in [0, 0.1) is 0 Å². The van der Waals surface area contributed by atoms with Crippen LogP contribution in [0.15, 0.2) is 200 Å². The summed E-state index contributed by atoms with van der Waals surface area (Å²) in [5.74, 6) is 0.406. The maximum absolute atomic E-state index is 2.48. The second-order valence-electron chi connectivity index (χ2n) is 15.2. The zero-order chi connectivity index (χ0) is 36.0. The Labute approximate surface area is 320 Å². The summed E-state index contributed by atoms with van der Waals surface area (Å²) in [6.07, 6.45) is 0. The number of nitrogens with zero attached hydrogens (tertiary/aromatic N) is 1. The van der Waals surface area contributed by atoms with Crippen LogP contribution in [-0.4, -0.2) is 4.57 Å². The molecule has 1 nitrogen and oxygen atoms in total. The van der Waals surface area contributed by atoms with Crippen LogP contribution in [-0.2, 0) is 0 Å². The van der Waals surface area contributed by atoms with Gasteiger partial charge in [-0.2, -0.15) is 0 Å². The van der Waals surface area contributed by atoms with Crippen molar-refractivity contribution in [1.29, 1.82) is 0 Å². The molecule has 0 amide bonds. The number of hydrogen-bond acceptors (Lipinski definition) is 0. The Kier molecular flexibility index (Phi) is 6.53. The smallest absolute Gasteiger partial charge is 0.0544 e. The molecule has 2 unspecified atom stereocenters. The molecule has 0 radical (unpaired) electrons. The van der Waals surface area contributed by atoms with Crippen molar-refractivity contribution in [1.82, 2.24) is 4.57 Å². The van der Waals surface area contributed by atoms with Gasteiger partial charge in [-0.3, -0.25) is 0 Å². The topological polar surface area (TPSA) is 4.93 Å². The molecule has 0 saturated heterocycles. The van der Waals surface area contributed by atoms with Gasteiger partial charge in [-0.25, -0.2) is 0 Å². The van der Waals surface area contributed by atoms with Crippen molar-refractivity contribution >= 4 is 32.6 Å². The first-order valence-electron chi connectivity index (χ1n) is 19.3. The lowest BCUT2D eigenvalue weighted by atomic mass is 9.87. The number of aromatic nitrogens is 1. The minimum absolute atomic E-state index is 0.197. The minimum atomic E-state index is 0.197. The number of benzene rings is 9. The van der Waals surface area contributed by atoms with Crippen molar-refractivity contribution in [2.75, 3.05) is 0 Å². The SMILES string of the molecule is c1ccc(C2c3ccccc3-c3cc4c5cc(-c6ccc7c(c6)-c6ccccc6C7c6ccc7ccccc7c6)ccc5n(-c5ccccc5)c4cc32)cc1. The van der Waals surface area contributed by atoms with E-state index >= 15 is 0 Å². The summed E-state index contributed by atoms with van der Waals surface area (Å²) in [5.41, 5.74) is 19.7. The maximum Gasteiger partial charge on any atom is 0.0544 e. The van der Waals surface area contributed by atoms with Gasteiger partial charge in [0, 0.05) is 28.3 Å². The Morgan fingerprint density at radius 3 is 1.67 bits per heavy atom. The maximum atomic E-state index is 2.48. The molecule has 0 spiro atoms. The molecule has 1 heteroatoms. The van der Waals surface area contributed by atoms with E-state index in [0.717, 1.165) is 0 Å². The van der Waals surface area contributed by atoms with E-state index in [4.69, 9.17) is 0 Å². The summed E-state index contributed by atoms with van der Waals surface area (Å²) in [6.45, 7) is 0. The first-order chi connectivity index (χ1) is 27.3. The van der Waals surface area contributed by atoms with Crippen LogP contribution in [0.25, 0.3) is 71.6 Å². The summed E-state index contributed by atoms with van der Waals surface area (Å²) >= 11 is 0. The molecule has 0 fully saturated rings. The Morgan fingerprint density at radius 1 is 0.309 bits per heavy atom. The third-order valence-electron chi connectivity index (χ3n) is 12.3. The highest BCUT2D eigenvalue weighted by atomic mass is 15.0. The van der Waals surface area contributed by atoms with E-state index in [1.54, 1.807) is 0 Å². The molecule has 0 saturated carbocycles. The van der Waals surface area contributed by atoms with Crippen LogP contribution in [0.5, 0.6) is 0 Å². The van der Waals surface area contributed by atoms with Gasteiger partial charge in [0.25, 0.3) is 0 Å². The van der Waals surface area contributed by atoms with E-state index in [-0.39, 0.29) is 11.8 Å². The molecular formula is C54H35N. The average molecular weight is 698 g/mol. The van der Waals surface area contributed by atoms with E-state index in [1.165, 1.54) is 105 Å². The van der Waals surface area contributed by atoms with E-state index < -0.39 is 0 Å². The molecule has 0 bridgehead atoms. The van der Waals surface area contributed by atoms with Gasteiger partial charge in [0.1, 0.15) is 0 Å². The summed E-state index contributed by atoms with van der Waals surface area (Å²) < 4.78 is 2.47. The number of hydrogen-bond donors (Lipinski definition) is 0. The van der Waals surface area contributed by atoms with Gasteiger partial charge in [0.15, 0.2) is 0 Å².